The van der Waals surface area contributed by atoms with E-state index in [4.69, 9.17) is 15.0 Å². The summed E-state index contributed by atoms with van der Waals surface area (Å²) in [5.41, 5.74) is 5.48. The number of nitrogens with zero attached hydrogens (tertiary/aromatic N) is 1. The van der Waals surface area contributed by atoms with E-state index in [9.17, 15) is 22.8 Å². The van der Waals surface area contributed by atoms with E-state index >= 15 is 0 Å². The predicted molar refractivity (Wildman–Crippen MR) is 82.4 cm³/mol. The molecule has 1 fully saturated rings. The maximum absolute atomic E-state index is 11.8. The van der Waals surface area contributed by atoms with Gasteiger partial charge in [-0.1, -0.05) is 30.3 Å². The Morgan fingerprint density at radius 1 is 1.27 bits per heavy atom. The van der Waals surface area contributed by atoms with Crippen molar-refractivity contribution < 1.29 is 67.8 Å². The number of benzene rings is 1. The third-order valence-electron chi connectivity index (χ3n) is 3.30. The summed E-state index contributed by atoms with van der Waals surface area (Å²) in [6.45, 7) is -0.706. The van der Waals surface area contributed by atoms with Gasteiger partial charge in [-0.3, -0.25) is 9.35 Å². The van der Waals surface area contributed by atoms with E-state index < -0.39 is 47.1 Å². The number of hydrogen-bond acceptors (Lipinski definition) is 7. The summed E-state index contributed by atoms with van der Waals surface area (Å²) in [7, 11) is -4.88. The Morgan fingerprint density at radius 2 is 1.88 bits per heavy atom. The van der Waals surface area contributed by atoms with Crippen LogP contribution in [0.4, 0.5) is 9.59 Å². The van der Waals surface area contributed by atoms with Crippen LogP contribution in [0, 0.1) is 0 Å². The fraction of sp³-hybridized carbons (Fsp3) is 0.308. The van der Waals surface area contributed by atoms with Gasteiger partial charge < -0.3 is 22.0 Å². The molecular formula is C13H16N3NaO8S. The number of amides is 3. The van der Waals surface area contributed by atoms with E-state index in [1.54, 1.807) is 30.3 Å². The van der Waals surface area contributed by atoms with Crippen LogP contribution in [0.2, 0.25) is 0 Å². The molecule has 1 aromatic rings. The molecule has 1 aromatic carbocycles. The molecule has 0 aromatic heterocycles. The van der Waals surface area contributed by atoms with Crippen molar-refractivity contribution in [2.24, 2.45) is 5.73 Å². The van der Waals surface area contributed by atoms with Crippen LogP contribution in [-0.2, 0) is 31.2 Å². The molecular weight excluding hydrogens is 381 g/mol. The number of carbonyl (C=O) groups is 3. The summed E-state index contributed by atoms with van der Waals surface area (Å²) in [6, 6.07) is 6.00. The van der Waals surface area contributed by atoms with Crippen molar-refractivity contribution >= 4 is 28.4 Å². The minimum absolute atomic E-state index is 0. The second kappa shape index (κ2) is 9.19. The van der Waals surface area contributed by atoms with E-state index in [1.807, 2.05) is 0 Å². The molecule has 2 atom stereocenters. The summed E-state index contributed by atoms with van der Waals surface area (Å²) in [4.78, 5) is 34.2. The van der Waals surface area contributed by atoms with E-state index in [1.165, 1.54) is 0 Å². The van der Waals surface area contributed by atoms with Crippen molar-refractivity contribution in [2.45, 2.75) is 18.7 Å². The number of ether oxygens (including phenoxy) is 2. The molecule has 1 saturated heterocycles. The Kier molecular flexibility index (Phi) is 7.84. The number of alkyl carbamates (subject to hydrolysis) is 1. The van der Waals surface area contributed by atoms with E-state index in [-0.39, 0.29) is 41.9 Å². The average molecular weight is 397 g/mol. The number of primary amides is 1. The summed E-state index contributed by atoms with van der Waals surface area (Å²) in [5, 5.41) is 2.15. The zero-order chi connectivity index (χ0) is 18.6. The van der Waals surface area contributed by atoms with Gasteiger partial charge in [-0.15, -0.1) is 0 Å². The molecule has 2 rings (SSSR count). The fourth-order valence-corrected chi connectivity index (χ4v) is 3.05. The Morgan fingerprint density at radius 3 is 2.42 bits per heavy atom. The second-order valence-corrected chi connectivity index (χ2v) is 6.28. The predicted octanol–water partition coefficient (Wildman–Crippen LogP) is -3.49. The van der Waals surface area contributed by atoms with Crippen molar-refractivity contribution in [1.29, 1.82) is 0 Å². The van der Waals surface area contributed by atoms with Crippen molar-refractivity contribution in [3.8, 4) is 0 Å². The van der Waals surface area contributed by atoms with E-state index in [0.29, 0.717) is 5.56 Å². The number of hydrogen-bond donors (Lipinski definition) is 3. The normalized spacial score (nSPS) is 19.0. The van der Waals surface area contributed by atoms with Gasteiger partial charge >= 0.3 is 52.0 Å². The minimum atomic E-state index is -4.88. The maximum Gasteiger partial charge on any atom is 1.00 e. The van der Waals surface area contributed by atoms with E-state index in [0.717, 1.165) is 0 Å². The zero-order valence-corrected chi connectivity index (χ0v) is 16.5. The zero-order valence-electron chi connectivity index (χ0n) is 14.7. The molecule has 13 heteroatoms. The van der Waals surface area contributed by atoms with Crippen LogP contribution in [-0.4, -0.2) is 54.1 Å². The van der Waals surface area contributed by atoms with E-state index in [2.05, 4.69) is 10.1 Å². The standard InChI is InChI=1S/C13H15N3O8S.Na.H/c14-12(18)23-7-9-10(11(17)16(9)25(20,21)22)15-13(19)24-6-8-4-2-1-3-5-8;;/h1-5,9-10H,6-7H2,(H2,14,18)(H,15,19)(H,20,21,22);;/q;+1;-1. The Balaban J connectivity index is 0.00000338. The number of nitrogens with one attached hydrogen (secondary N) is 1. The van der Waals surface area contributed by atoms with Crippen LogP contribution in [0.15, 0.2) is 30.3 Å². The molecule has 138 valence electrons. The minimum Gasteiger partial charge on any atom is -1.00 e. The molecule has 1 aliphatic rings. The molecule has 0 aliphatic carbocycles. The van der Waals surface area contributed by atoms with Crippen LogP contribution < -0.4 is 40.6 Å². The maximum atomic E-state index is 11.8. The van der Waals surface area contributed by atoms with Crippen LogP contribution in [0.1, 0.15) is 6.99 Å². The average Bonchev–Trinajstić information content (AvgIpc) is 2.53. The molecule has 2 unspecified atom stereocenters. The molecule has 0 radical (unpaired) electrons. The fourth-order valence-electron chi connectivity index (χ4n) is 2.18. The summed E-state index contributed by atoms with van der Waals surface area (Å²) in [6.07, 6.45) is -2.19. The molecule has 0 spiro atoms. The van der Waals surface area contributed by atoms with Crippen LogP contribution in [0.25, 0.3) is 0 Å². The van der Waals surface area contributed by atoms with Crippen LogP contribution in [0.3, 0.4) is 0 Å². The number of nitrogens with two attached hydrogens (primary N) is 1. The van der Waals surface area contributed by atoms with Crippen molar-refractivity contribution in [3.63, 3.8) is 0 Å². The van der Waals surface area contributed by atoms with Crippen molar-refractivity contribution in [3.05, 3.63) is 35.9 Å². The monoisotopic (exact) mass is 397 g/mol. The largest absolute Gasteiger partial charge is 1.00 e. The van der Waals surface area contributed by atoms with Gasteiger partial charge in [0.2, 0.25) is 0 Å². The molecule has 1 aliphatic heterocycles. The summed E-state index contributed by atoms with van der Waals surface area (Å²) < 4.78 is 40.8. The van der Waals surface area contributed by atoms with Gasteiger partial charge in [0.05, 0.1) is 0 Å². The van der Waals surface area contributed by atoms with Crippen molar-refractivity contribution in [1.82, 2.24) is 9.62 Å². The third kappa shape index (κ3) is 5.57. The smallest absolute Gasteiger partial charge is 1.00 e. The van der Waals surface area contributed by atoms with Crippen LogP contribution >= 0.6 is 0 Å². The van der Waals surface area contributed by atoms with Gasteiger partial charge in [0, 0.05) is 0 Å². The first-order chi connectivity index (χ1) is 11.7. The molecule has 3 amide bonds. The Labute approximate surface area is 172 Å². The van der Waals surface area contributed by atoms with Gasteiger partial charge in [-0.05, 0) is 5.56 Å². The molecule has 0 bridgehead atoms. The molecule has 26 heavy (non-hydrogen) atoms. The third-order valence-corrected chi connectivity index (χ3v) is 4.25. The van der Waals surface area contributed by atoms with Crippen LogP contribution in [0.5, 0.6) is 0 Å². The quantitative estimate of drug-likeness (QED) is 0.253. The molecule has 0 saturated carbocycles. The van der Waals surface area contributed by atoms with Gasteiger partial charge in [-0.25, -0.2) is 13.9 Å². The second-order valence-electron chi connectivity index (χ2n) is 4.99. The molecule has 11 nitrogen and oxygen atoms in total. The first kappa shape index (κ1) is 22.2. The van der Waals surface area contributed by atoms with Gasteiger partial charge in [0.25, 0.3) is 5.91 Å². The SMILES string of the molecule is NC(=O)OCC1C(NC(=O)OCc2ccccc2)C(=O)N1S(=O)(=O)O.[H-].[Na+]. The Bertz CT molecular complexity index is 779. The molecule has 4 N–H and O–H groups in total. The van der Waals surface area contributed by atoms with Gasteiger partial charge in [0.15, 0.2) is 0 Å². The summed E-state index contributed by atoms with van der Waals surface area (Å²) in [5.74, 6) is -1.10. The first-order valence-electron chi connectivity index (χ1n) is 6.90. The Hall–Kier alpha value is -1.86. The number of carbonyl (C=O) groups excluding carboxylic acids is 3. The summed E-state index contributed by atoms with van der Waals surface area (Å²) >= 11 is 0. The molecule has 1 heterocycles. The van der Waals surface area contributed by atoms with Gasteiger partial charge in [0.1, 0.15) is 25.3 Å². The topological polar surface area (TPSA) is 165 Å². The number of rotatable bonds is 6. The number of β-lactam (4-membered cyclic amide) rings is 1. The first-order valence-corrected chi connectivity index (χ1v) is 8.30. The van der Waals surface area contributed by atoms with Gasteiger partial charge in [-0.2, -0.15) is 8.42 Å². The van der Waals surface area contributed by atoms with Crippen molar-refractivity contribution in [2.75, 3.05) is 6.61 Å².